The average molecular weight is 276 g/mol. The highest BCUT2D eigenvalue weighted by Gasteiger charge is 2.31. The lowest BCUT2D eigenvalue weighted by Gasteiger charge is -2.13. The highest BCUT2D eigenvalue weighted by atomic mass is 16.6. The molecule has 0 bridgehead atoms. The van der Waals surface area contributed by atoms with Crippen LogP contribution in [0.1, 0.15) is 0 Å². The van der Waals surface area contributed by atoms with Gasteiger partial charge in [-0.2, -0.15) is 0 Å². The molecule has 20 heavy (non-hydrogen) atoms. The molecule has 2 unspecified atom stereocenters. The molecule has 0 amide bonds. The number of hydrogen-bond donors (Lipinski definition) is 3. The van der Waals surface area contributed by atoms with Crippen LogP contribution in [0.2, 0.25) is 0 Å². The van der Waals surface area contributed by atoms with E-state index in [-0.39, 0.29) is 5.75 Å². The highest BCUT2D eigenvalue weighted by molar-refractivity contribution is 5.87. The number of carbonyl (C=O) groups excluding carboxylic acids is 1. The van der Waals surface area contributed by atoms with Crippen molar-refractivity contribution < 1.29 is 29.6 Å². The minimum atomic E-state index is -2.22. The van der Waals surface area contributed by atoms with Crippen LogP contribution in [0.5, 0.6) is 5.75 Å². The molecule has 2 rings (SSSR count). The van der Waals surface area contributed by atoms with Gasteiger partial charge in [-0.3, -0.25) is 0 Å². The molecule has 0 spiro atoms. The molecular formula is C14H12O6. The second-order valence-electron chi connectivity index (χ2n) is 4.16. The molecule has 0 fully saturated rings. The molecule has 0 radical (unpaired) electrons. The first kappa shape index (κ1) is 14.0. The van der Waals surface area contributed by atoms with Gasteiger partial charge in [-0.05, 0) is 22.9 Å². The van der Waals surface area contributed by atoms with E-state index in [1.54, 1.807) is 12.1 Å². The molecule has 0 heterocycles. The largest absolute Gasteiger partial charge is 0.479 e. The van der Waals surface area contributed by atoms with Crippen molar-refractivity contribution >= 4 is 22.7 Å². The molecule has 0 aliphatic rings. The number of carboxylic acids is 1. The van der Waals surface area contributed by atoms with Crippen LogP contribution in [0.4, 0.5) is 0 Å². The van der Waals surface area contributed by atoms with Crippen LogP contribution in [0, 0.1) is 0 Å². The molecule has 3 N–H and O–H groups in total. The van der Waals surface area contributed by atoms with E-state index < -0.39 is 24.1 Å². The Kier molecular flexibility index (Phi) is 3.97. The quantitative estimate of drug-likeness (QED) is 0.556. The predicted octanol–water partition coefficient (Wildman–Crippen LogP) is 0.552. The molecule has 2 atom stereocenters. The van der Waals surface area contributed by atoms with Crippen molar-refractivity contribution in [3.63, 3.8) is 0 Å². The summed E-state index contributed by atoms with van der Waals surface area (Å²) in [7, 11) is 0. The van der Waals surface area contributed by atoms with Gasteiger partial charge in [-0.1, -0.05) is 30.3 Å². The lowest BCUT2D eigenvalue weighted by molar-refractivity contribution is -0.164. The fourth-order valence-electron chi connectivity index (χ4n) is 1.67. The Balaban J connectivity index is 2.15. The Labute approximate surface area is 113 Å². The Morgan fingerprint density at radius 2 is 1.60 bits per heavy atom. The number of hydrogen-bond acceptors (Lipinski definition) is 5. The van der Waals surface area contributed by atoms with Gasteiger partial charge in [0.25, 0.3) is 0 Å². The predicted molar refractivity (Wildman–Crippen MR) is 69.2 cm³/mol. The number of carboxylic acid groups (broad SMARTS) is 1. The summed E-state index contributed by atoms with van der Waals surface area (Å²) in [6, 6.07) is 12.2. The van der Waals surface area contributed by atoms with E-state index in [9.17, 15) is 14.7 Å². The van der Waals surface area contributed by atoms with E-state index in [4.69, 9.17) is 14.9 Å². The summed E-state index contributed by atoms with van der Waals surface area (Å²) in [6.07, 6.45) is -4.36. The highest BCUT2D eigenvalue weighted by Crippen LogP contribution is 2.21. The van der Waals surface area contributed by atoms with Gasteiger partial charge in [0.15, 0.2) is 12.2 Å². The molecule has 0 saturated heterocycles. The maximum absolute atomic E-state index is 11.5. The number of fused-ring (bicyclic) bond motifs is 1. The average Bonchev–Trinajstić information content (AvgIpc) is 2.45. The third-order valence-corrected chi connectivity index (χ3v) is 2.73. The smallest absolute Gasteiger partial charge is 0.343 e. The van der Waals surface area contributed by atoms with Crippen LogP contribution in [0.15, 0.2) is 42.5 Å². The number of esters is 1. The minimum absolute atomic E-state index is 0.158. The van der Waals surface area contributed by atoms with E-state index >= 15 is 0 Å². The number of aliphatic hydroxyl groups is 2. The summed E-state index contributed by atoms with van der Waals surface area (Å²) in [6.45, 7) is 0. The number of aliphatic carboxylic acids is 1. The first-order valence-corrected chi connectivity index (χ1v) is 5.78. The van der Waals surface area contributed by atoms with Crippen molar-refractivity contribution in [2.75, 3.05) is 0 Å². The summed E-state index contributed by atoms with van der Waals surface area (Å²) in [5.74, 6) is -2.77. The maximum Gasteiger partial charge on any atom is 0.343 e. The maximum atomic E-state index is 11.5. The first-order chi connectivity index (χ1) is 9.49. The number of benzene rings is 2. The molecule has 0 saturated carbocycles. The van der Waals surface area contributed by atoms with E-state index in [2.05, 4.69) is 0 Å². The molecule has 0 aromatic heterocycles. The van der Waals surface area contributed by atoms with Crippen molar-refractivity contribution in [1.29, 1.82) is 0 Å². The van der Waals surface area contributed by atoms with Crippen molar-refractivity contribution in [3.8, 4) is 5.75 Å². The fraction of sp³-hybridized carbons (Fsp3) is 0.143. The second-order valence-corrected chi connectivity index (χ2v) is 4.16. The standard InChI is InChI=1S/C14H12O6/c15-11(13(17)18)12(16)14(19)20-10-6-5-8-3-1-2-4-9(8)7-10/h1-7,11-12,15-16H,(H,17,18). The monoisotopic (exact) mass is 276 g/mol. The Hall–Kier alpha value is -2.44. The number of aliphatic hydroxyl groups excluding tert-OH is 2. The van der Waals surface area contributed by atoms with Gasteiger partial charge in [-0.25, -0.2) is 9.59 Å². The SMILES string of the molecule is O=C(O)C(O)C(O)C(=O)Oc1ccc2ccccc2c1. The molecular weight excluding hydrogens is 264 g/mol. The lowest BCUT2D eigenvalue weighted by atomic mass is 10.1. The van der Waals surface area contributed by atoms with Crippen LogP contribution in [-0.2, 0) is 9.59 Å². The number of carbonyl (C=O) groups is 2. The summed E-state index contributed by atoms with van der Waals surface area (Å²) < 4.78 is 4.84. The third-order valence-electron chi connectivity index (χ3n) is 2.73. The fourth-order valence-corrected chi connectivity index (χ4v) is 1.67. The zero-order chi connectivity index (χ0) is 14.7. The Morgan fingerprint density at radius 3 is 2.25 bits per heavy atom. The van der Waals surface area contributed by atoms with Gasteiger partial charge < -0.3 is 20.1 Å². The number of ether oxygens (including phenoxy) is 1. The summed E-state index contributed by atoms with van der Waals surface area (Å²) in [5.41, 5.74) is 0. The van der Waals surface area contributed by atoms with Crippen molar-refractivity contribution in [1.82, 2.24) is 0 Å². The molecule has 6 heteroatoms. The van der Waals surface area contributed by atoms with Crippen LogP contribution in [-0.4, -0.2) is 39.5 Å². The Morgan fingerprint density at radius 1 is 0.950 bits per heavy atom. The van der Waals surface area contributed by atoms with Gasteiger partial charge in [0.2, 0.25) is 0 Å². The van der Waals surface area contributed by atoms with Gasteiger partial charge in [0, 0.05) is 0 Å². The lowest BCUT2D eigenvalue weighted by Crippen LogP contribution is -2.41. The molecule has 0 aliphatic carbocycles. The van der Waals surface area contributed by atoms with Crippen LogP contribution in [0.3, 0.4) is 0 Å². The van der Waals surface area contributed by atoms with Crippen LogP contribution < -0.4 is 4.74 Å². The second kappa shape index (κ2) is 5.68. The normalized spacial score (nSPS) is 13.7. The van der Waals surface area contributed by atoms with Crippen molar-refractivity contribution in [3.05, 3.63) is 42.5 Å². The summed E-state index contributed by atoms with van der Waals surface area (Å²) >= 11 is 0. The Bertz CT molecular complexity index is 651. The van der Waals surface area contributed by atoms with Crippen molar-refractivity contribution in [2.45, 2.75) is 12.2 Å². The van der Waals surface area contributed by atoms with Gasteiger partial charge >= 0.3 is 11.9 Å². The number of rotatable bonds is 4. The zero-order valence-corrected chi connectivity index (χ0v) is 10.3. The minimum Gasteiger partial charge on any atom is -0.479 e. The van der Waals surface area contributed by atoms with E-state index in [0.29, 0.717) is 0 Å². The first-order valence-electron chi connectivity index (χ1n) is 5.78. The topological polar surface area (TPSA) is 104 Å². The summed E-state index contributed by atoms with van der Waals surface area (Å²) in [5, 5.41) is 28.6. The molecule has 2 aromatic rings. The van der Waals surface area contributed by atoms with Gasteiger partial charge in [-0.15, -0.1) is 0 Å². The van der Waals surface area contributed by atoms with E-state index in [0.717, 1.165) is 10.8 Å². The van der Waals surface area contributed by atoms with E-state index in [1.165, 1.54) is 6.07 Å². The third kappa shape index (κ3) is 2.93. The summed E-state index contributed by atoms with van der Waals surface area (Å²) in [4.78, 5) is 22.0. The molecule has 0 aliphatic heterocycles. The van der Waals surface area contributed by atoms with E-state index in [1.807, 2.05) is 24.3 Å². The van der Waals surface area contributed by atoms with Crippen LogP contribution in [0.25, 0.3) is 10.8 Å². The molecule has 2 aromatic carbocycles. The molecule has 104 valence electrons. The zero-order valence-electron chi connectivity index (χ0n) is 10.3. The van der Waals surface area contributed by atoms with Gasteiger partial charge in [0.05, 0.1) is 0 Å². The van der Waals surface area contributed by atoms with Crippen molar-refractivity contribution in [2.24, 2.45) is 0 Å². The van der Waals surface area contributed by atoms with Gasteiger partial charge in [0.1, 0.15) is 5.75 Å². The van der Waals surface area contributed by atoms with Crippen LogP contribution >= 0.6 is 0 Å². The molecule has 6 nitrogen and oxygen atoms in total.